The molecule has 4 aromatic carbocycles. The second-order valence-corrected chi connectivity index (χ2v) is 9.87. The van der Waals surface area contributed by atoms with Gasteiger partial charge in [-0.25, -0.2) is 0 Å². The third kappa shape index (κ3) is 6.22. The number of rotatable bonds is 9. The molecule has 2 N–H and O–H groups in total. The Balaban J connectivity index is 1.33. The summed E-state index contributed by atoms with van der Waals surface area (Å²) in [6, 6.07) is 27.7. The summed E-state index contributed by atoms with van der Waals surface area (Å²) < 4.78 is 6.95. The molecule has 8 nitrogen and oxygen atoms in total. The van der Waals surface area contributed by atoms with Crippen LogP contribution in [-0.4, -0.2) is 39.4 Å². The Kier molecular flexibility index (Phi) is 8.10. The summed E-state index contributed by atoms with van der Waals surface area (Å²) >= 11 is 7.50. The summed E-state index contributed by atoms with van der Waals surface area (Å²) in [6.07, 6.45) is 0. The van der Waals surface area contributed by atoms with Crippen LogP contribution in [0, 0.1) is 0 Å². The molecule has 0 saturated heterocycles. The zero-order valence-electron chi connectivity index (χ0n) is 20.9. The van der Waals surface area contributed by atoms with E-state index in [2.05, 4.69) is 20.8 Å². The van der Waals surface area contributed by atoms with Gasteiger partial charge in [0.15, 0.2) is 11.0 Å². The van der Waals surface area contributed by atoms with Crippen LogP contribution in [0.1, 0.15) is 16.2 Å². The van der Waals surface area contributed by atoms with Crippen LogP contribution in [-0.2, 0) is 11.3 Å². The first-order valence-electron chi connectivity index (χ1n) is 12.0. The number of carbonyl (C=O) groups excluding carboxylic acids is 2. The van der Waals surface area contributed by atoms with E-state index in [0.29, 0.717) is 33.0 Å². The molecule has 0 saturated carbocycles. The molecule has 0 bridgehead atoms. The third-order valence-electron chi connectivity index (χ3n) is 5.91. The van der Waals surface area contributed by atoms with E-state index in [1.165, 1.54) is 11.8 Å². The van der Waals surface area contributed by atoms with Gasteiger partial charge >= 0.3 is 0 Å². The second-order valence-electron chi connectivity index (χ2n) is 8.49. The van der Waals surface area contributed by atoms with Crippen molar-refractivity contribution in [1.82, 2.24) is 20.1 Å². The quantitative estimate of drug-likeness (QED) is 0.224. The molecule has 0 atom stereocenters. The van der Waals surface area contributed by atoms with E-state index in [-0.39, 0.29) is 24.1 Å². The van der Waals surface area contributed by atoms with E-state index in [1.54, 1.807) is 54.1 Å². The molecule has 10 heteroatoms. The molecular weight excluding hydrogens is 534 g/mol. The van der Waals surface area contributed by atoms with Gasteiger partial charge in [0.05, 0.1) is 25.1 Å². The molecule has 0 unspecified atom stereocenters. The lowest BCUT2D eigenvalue weighted by molar-refractivity contribution is -0.113. The zero-order chi connectivity index (χ0) is 27.2. The molecule has 0 aliphatic carbocycles. The summed E-state index contributed by atoms with van der Waals surface area (Å²) in [4.78, 5) is 25.7. The van der Waals surface area contributed by atoms with Crippen LogP contribution in [0.25, 0.3) is 16.5 Å². The fourth-order valence-corrected chi connectivity index (χ4v) is 5.02. The maximum absolute atomic E-state index is 13.1. The number of carbonyl (C=O) groups is 2. The molecule has 196 valence electrons. The highest BCUT2D eigenvalue weighted by molar-refractivity contribution is 7.99. The highest BCUT2D eigenvalue weighted by atomic mass is 35.5. The maximum atomic E-state index is 13.1. The van der Waals surface area contributed by atoms with E-state index < -0.39 is 0 Å². The van der Waals surface area contributed by atoms with Gasteiger partial charge < -0.3 is 15.4 Å². The van der Waals surface area contributed by atoms with Crippen molar-refractivity contribution < 1.29 is 14.3 Å². The molecule has 0 radical (unpaired) electrons. The molecular formula is C29H24ClN5O3S. The van der Waals surface area contributed by atoms with Gasteiger partial charge in [-0.3, -0.25) is 14.2 Å². The summed E-state index contributed by atoms with van der Waals surface area (Å²) in [5.74, 6) is 0.894. The Bertz CT molecular complexity index is 1630. The number of halogens is 1. The number of anilines is 1. The topological polar surface area (TPSA) is 98.1 Å². The van der Waals surface area contributed by atoms with E-state index in [0.717, 1.165) is 16.5 Å². The summed E-state index contributed by atoms with van der Waals surface area (Å²) in [6.45, 7) is 0.125. The van der Waals surface area contributed by atoms with Crippen LogP contribution in [0.2, 0.25) is 5.02 Å². The highest BCUT2D eigenvalue weighted by Gasteiger charge is 2.18. The lowest BCUT2D eigenvalue weighted by atomic mass is 10.0. The largest absolute Gasteiger partial charge is 0.497 e. The van der Waals surface area contributed by atoms with Gasteiger partial charge in [-0.15, -0.1) is 10.2 Å². The Morgan fingerprint density at radius 1 is 0.949 bits per heavy atom. The van der Waals surface area contributed by atoms with Crippen LogP contribution >= 0.6 is 23.4 Å². The number of amides is 2. The SMILES string of the molecule is COc1ccc(NC(=O)CSc2nnc(CNC(=O)c3cccc4ccccc34)n2-c2cccc(Cl)c2)cc1. The minimum atomic E-state index is -0.222. The molecule has 1 aromatic heterocycles. The van der Waals surface area contributed by atoms with Crippen molar-refractivity contribution in [2.24, 2.45) is 0 Å². The van der Waals surface area contributed by atoms with Crippen LogP contribution in [0.4, 0.5) is 5.69 Å². The second kappa shape index (κ2) is 12.0. The third-order valence-corrected chi connectivity index (χ3v) is 7.08. The molecule has 5 aromatic rings. The Labute approximate surface area is 234 Å². The van der Waals surface area contributed by atoms with Crippen LogP contribution < -0.4 is 15.4 Å². The van der Waals surface area contributed by atoms with E-state index >= 15 is 0 Å². The first kappa shape index (κ1) is 26.3. The van der Waals surface area contributed by atoms with Crippen LogP contribution in [0.15, 0.2) is 96.2 Å². The predicted octanol–water partition coefficient (Wildman–Crippen LogP) is 5.74. The normalized spacial score (nSPS) is 10.8. The number of nitrogens with zero attached hydrogens (tertiary/aromatic N) is 3. The van der Waals surface area contributed by atoms with Gasteiger partial charge in [0.1, 0.15) is 5.75 Å². The Morgan fingerprint density at radius 3 is 2.51 bits per heavy atom. The van der Waals surface area contributed by atoms with Gasteiger partial charge in [0.2, 0.25) is 5.91 Å². The predicted molar refractivity (Wildman–Crippen MR) is 154 cm³/mol. The average molecular weight is 558 g/mol. The fourth-order valence-electron chi connectivity index (χ4n) is 4.06. The minimum Gasteiger partial charge on any atom is -0.497 e. The van der Waals surface area contributed by atoms with Crippen molar-refractivity contribution in [2.45, 2.75) is 11.7 Å². The summed E-state index contributed by atoms with van der Waals surface area (Å²) in [5, 5.41) is 17.3. The Morgan fingerprint density at radius 2 is 1.72 bits per heavy atom. The molecule has 39 heavy (non-hydrogen) atoms. The number of hydrogen-bond donors (Lipinski definition) is 2. The monoisotopic (exact) mass is 557 g/mol. The average Bonchev–Trinajstić information content (AvgIpc) is 3.37. The number of ether oxygens (including phenoxy) is 1. The van der Waals surface area contributed by atoms with Crippen LogP contribution in [0.3, 0.4) is 0 Å². The van der Waals surface area contributed by atoms with E-state index in [9.17, 15) is 9.59 Å². The number of nitrogens with one attached hydrogen (secondary N) is 2. The first-order valence-corrected chi connectivity index (χ1v) is 13.4. The van der Waals surface area contributed by atoms with Gasteiger partial charge in [0, 0.05) is 16.3 Å². The fraction of sp³-hybridized carbons (Fsp3) is 0.103. The van der Waals surface area contributed by atoms with Crippen LogP contribution in [0.5, 0.6) is 5.75 Å². The molecule has 5 rings (SSSR count). The van der Waals surface area contributed by atoms with Gasteiger partial charge in [-0.2, -0.15) is 0 Å². The Hall–Kier alpha value is -4.34. The van der Waals surface area contributed by atoms with Gasteiger partial charge in [-0.05, 0) is 59.3 Å². The zero-order valence-corrected chi connectivity index (χ0v) is 22.5. The molecule has 0 aliphatic rings. The van der Waals surface area contributed by atoms with E-state index in [4.69, 9.17) is 16.3 Å². The molecule has 0 fully saturated rings. The van der Waals surface area contributed by atoms with Crippen molar-refractivity contribution in [3.63, 3.8) is 0 Å². The van der Waals surface area contributed by atoms with Crippen molar-refractivity contribution in [1.29, 1.82) is 0 Å². The summed E-state index contributed by atoms with van der Waals surface area (Å²) in [7, 11) is 1.59. The van der Waals surface area contributed by atoms with Gasteiger partial charge in [0.25, 0.3) is 5.91 Å². The number of fused-ring (bicyclic) bond motifs is 1. The smallest absolute Gasteiger partial charge is 0.252 e. The molecule has 2 amide bonds. The standard InChI is InChI=1S/C29H24ClN5O3S/c1-38-23-14-12-21(13-15-23)32-27(36)18-39-29-34-33-26(35(29)22-9-5-8-20(30)16-22)17-31-28(37)25-11-4-7-19-6-2-3-10-24(19)25/h2-16H,17-18H2,1H3,(H,31,37)(H,32,36). The van der Waals surface area contributed by atoms with Gasteiger partial charge in [-0.1, -0.05) is 65.8 Å². The number of aromatic nitrogens is 3. The van der Waals surface area contributed by atoms with Crippen molar-refractivity contribution in [2.75, 3.05) is 18.2 Å². The molecule has 1 heterocycles. The number of benzene rings is 4. The number of hydrogen-bond acceptors (Lipinski definition) is 6. The van der Waals surface area contributed by atoms with Crippen molar-refractivity contribution in [3.05, 3.63) is 107 Å². The number of thioether (sulfide) groups is 1. The van der Waals surface area contributed by atoms with Crippen molar-refractivity contribution >= 4 is 51.6 Å². The van der Waals surface area contributed by atoms with E-state index in [1.807, 2.05) is 48.5 Å². The molecule has 0 aliphatic heterocycles. The lowest BCUT2D eigenvalue weighted by Crippen LogP contribution is -2.25. The maximum Gasteiger partial charge on any atom is 0.252 e. The highest BCUT2D eigenvalue weighted by Crippen LogP contribution is 2.25. The molecule has 0 spiro atoms. The first-order chi connectivity index (χ1) is 19.0. The summed E-state index contributed by atoms with van der Waals surface area (Å²) in [5.41, 5.74) is 1.96. The number of methoxy groups -OCH3 is 1. The van der Waals surface area contributed by atoms with Crippen molar-refractivity contribution in [3.8, 4) is 11.4 Å². The lowest BCUT2D eigenvalue weighted by Gasteiger charge is -2.12. The minimum absolute atomic E-state index is 0.104.